The molecule has 2 rings (SSSR count). The molecule has 126 valence electrons. The van der Waals surface area contributed by atoms with Gasteiger partial charge < -0.3 is 10.1 Å². The molecule has 3 N–H and O–H groups in total. The van der Waals surface area contributed by atoms with Gasteiger partial charge in [0.1, 0.15) is 0 Å². The Kier molecular flexibility index (Phi) is 5.38. The third kappa shape index (κ3) is 4.77. The second-order valence-corrected chi connectivity index (χ2v) is 7.18. The average Bonchev–Trinajstić information content (AvgIpc) is 3.01. The SMILES string of the molecule is C[C@@H](OC(=O)C1CCCC1)C(=O)Nc1ccc(S(N)(=O)=O)cc1. The Morgan fingerprint density at radius 3 is 2.30 bits per heavy atom. The highest BCUT2D eigenvalue weighted by molar-refractivity contribution is 7.89. The first kappa shape index (κ1) is 17.4. The summed E-state index contributed by atoms with van der Waals surface area (Å²) in [6.07, 6.45) is 2.72. The van der Waals surface area contributed by atoms with E-state index in [2.05, 4.69) is 5.32 Å². The van der Waals surface area contributed by atoms with Gasteiger partial charge in [0.15, 0.2) is 6.10 Å². The number of primary sulfonamides is 1. The number of amides is 1. The predicted molar refractivity (Wildman–Crippen MR) is 84.0 cm³/mol. The first-order chi connectivity index (χ1) is 10.8. The van der Waals surface area contributed by atoms with Crippen molar-refractivity contribution in [1.82, 2.24) is 0 Å². The van der Waals surface area contributed by atoms with Crippen LogP contribution in [0.5, 0.6) is 0 Å². The standard InChI is InChI=1S/C15H20N2O5S/c1-10(22-15(19)11-4-2-3-5-11)14(18)17-12-6-8-13(9-7-12)23(16,20)21/h6-11H,2-5H2,1H3,(H,17,18)(H2,16,20,21)/t10-/m1/s1. The van der Waals surface area contributed by atoms with Crippen LogP contribution in [0.4, 0.5) is 5.69 Å². The Balaban J connectivity index is 1.91. The van der Waals surface area contributed by atoms with Crippen LogP contribution in [-0.4, -0.2) is 26.4 Å². The van der Waals surface area contributed by atoms with E-state index in [9.17, 15) is 18.0 Å². The van der Waals surface area contributed by atoms with Gasteiger partial charge in [-0.2, -0.15) is 0 Å². The minimum Gasteiger partial charge on any atom is -0.452 e. The van der Waals surface area contributed by atoms with E-state index in [0.29, 0.717) is 5.69 Å². The third-order valence-electron chi connectivity index (χ3n) is 3.80. The lowest BCUT2D eigenvalue weighted by molar-refractivity contribution is -0.157. The molecule has 0 radical (unpaired) electrons. The summed E-state index contributed by atoms with van der Waals surface area (Å²) in [6.45, 7) is 1.50. The van der Waals surface area contributed by atoms with E-state index >= 15 is 0 Å². The van der Waals surface area contributed by atoms with E-state index in [-0.39, 0.29) is 16.8 Å². The van der Waals surface area contributed by atoms with Gasteiger partial charge in [0.05, 0.1) is 10.8 Å². The molecule has 1 aliphatic rings. The van der Waals surface area contributed by atoms with E-state index in [1.54, 1.807) is 0 Å². The summed E-state index contributed by atoms with van der Waals surface area (Å²) in [6, 6.07) is 5.42. The molecule has 0 aliphatic heterocycles. The van der Waals surface area contributed by atoms with Crippen molar-refractivity contribution in [3.8, 4) is 0 Å². The monoisotopic (exact) mass is 340 g/mol. The number of carbonyl (C=O) groups is 2. The molecule has 1 fully saturated rings. The molecule has 1 aromatic carbocycles. The zero-order valence-corrected chi connectivity index (χ0v) is 13.6. The summed E-state index contributed by atoms with van der Waals surface area (Å²) in [5, 5.41) is 7.56. The van der Waals surface area contributed by atoms with E-state index in [4.69, 9.17) is 9.88 Å². The molecule has 1 saturated carbocycles. The van der Waals surface area contributed by atoms with Crippen molar-refractivity contribution in [1.29, 1.82) is 0 Å². The smallest absolute Gasteiger partial charge is 0.309 e. The van der Waals surface area contributed by atoms with Crippen molar-refractivity contribution in [3.05, 3.63) is 24.3 Å². The molecule has 0 saturated heterocycles. The Hall–Kier alpha value is -1.93. The quantitative estimate of drug-likeness (QED) is 0.786. The Morgan fingerprint density at radius 1 is 1.22 bits per heavy atom. The zero-order valence-electron chi connectivity index (χ0n) is 12.8. The van der Waals surface area contributed by atoms with E-state index < -0.39 is 22.0 Å². The van der Waals surface area contributed by atoms with Gasteiger partial charge in [-0.15, -0.1) is 0 Å². The van der Waals surface area contributed by atoms with Crippen LogP contribution in [0.25, 0.3) is 0 Å². The number of rotatable bonds is 5. The number of benzene rings is 1. The minimum atomic E-state index is -3.77. The van der Waals surface area contributed by atoms with E-state index in [0.717, 1.165) is 25.7 Å². The highest BCUT2D eigenvalue weighted by atomic mass is 32.2. The highest BCUT2D eigenvalue weighted by Crippen LogP contribution is 2.26. The topological polar surface area (TPSA) is 116 Å². The van der Waals surface area contributed by atoms with Crippen LogP contribution in [0.2, 0.25) is 0 Å². The molecule has 1 amide bonds. The predicted octanol–water partition coefficient (Wildman–Crippen LogP) is 1.39. The van der Waals surface area contributed by atoms with Crippen molar-refractivity contribution < 1.29 is 22.7 Å². The van der Waals surface area contributed by atoms with Gasteiger partial charge >= 0.3 is 5.97 Å². The Labute approximate surface area is 135 Å². The molecular weight excluding hydrogens is 320 g/mol. The van der Waals surface area contributed by atoms with E-state index in [1.165, 1.54) is 31.2 Å². The van der Waals surface area contributed by atoms with Crippen LogP contribution >= 0.6 is 0 Å². The molecule has 0 bridgehead atoms. The maximum absolute atomic E-state index is 12.0. The van der Waals surface area contributed by atoms with Gasteiger partial charge in [0, 0.05) is 5.69 Å². The van der Waals surface area contributed by atoms with Crippen molar-refractivity contribution >= 4 is 27.6 Å². The van der Waals surface area contributed by atoms with Crippen molar-refractivity contribution in [2.75, 3.05) is 5.32 Å². The Bertz CT molecular complexity index is 678. The van der Waals surface area contributed by atoms with Gasteiger partial charge in [-0.25, -0.2) is 13.6 Å². The molecule has 23 heavy (non-hydrogen) atoms. The summed E-state index contributed by atoms with van der Waals surface area (Å²) in [5.74, 6) is -0.922. The van der Waals surface area contributed by atoms with Crippen LogP contribution < -0.4 is 10.5 Å². The summed E-state index contributed by atoms with van der Waals surface area (Å²) in [4.78, 5) is 23.9. The number of hydrogen-bond donors (Lipinski definition) is 2. The first-order valence-corrected chi connectivity index (χ1v) is 8.96. The van der Waals surface area contributed by atoms with Crippen molar-refractivity contribution in [2.24, 2.45) is 11.1 Å². The lowest BCUT2D eigenvalue weighted by Crippen LogP contribution is -2.31. The number of hydrogen-bond acceptors (Lipinski definition) is 5. The molecule has 1 aromatic rings. The zero-order chi connectivity index (χ0) is 17.0. The molecular formula is C15H20N2O5S. The van der Waals surface area contributed by atoms with Gasteiger partial charge in [-0.1, -0.05) is 12.8 Å². The van der Waals surface area contributed by atoms with Crippen molar-refractivity contribution in [2.45, 2.75) is 43.6 Å². The largest absolute Gasteiger partial charge is 0.452 e. The number of sulfonamides is 1. The fourth-order valence-corrected chi connectivity index (χ4v) is 2.97. The molecule has 0 heterocycles. The lowest BCUT2D eigenvalue weighted by atomic mass is 10.1. The van der Waals surface area contributed by atoms with E-state index in [1.807, 2.05) is 0 Å². The maximum atomic E-state index is 12.0. The van der Waals surface area contributed by atoms with Gasteiger partial charge in [-0.3, -0.25) is 9.59 Å². The average molecular weight is 340 g/mol. The highest BCUT2D eigenvalue weighted by Gasteiger charge is 2.27. The number of nitrogens with two attached hydrogens (primary N) is 1. The second-order valence-electron chi connectivity index (χ2n) is 5.62. The number of carbonyl (C=O) groups excluding carboxylic acids is 2. The Morgan fingerprint density at radius 2 is 1.78 bits per heavy atom. The van der Waals surface area contributed by atoms with Gasteiger partial charge in [0.2, 0.25) is 10.0 Å². The fraction of sp³-hybridized carbons (Fsp3) is 0.467. The lowest BCUT2D eigenvalue weighted by Gasteiger charge is -2.16. The number of anilines is 1. The van der Waals surface area contributed by atoms with Crippen LogP contribution in [0.1, 0.15) is 32.6 Å². The van der Waals surface area contributed by atoms with Crippen LogP contribution in [-0.2, 0) is 24.3 Å². The van der Waals surface area contributed by atoms with Crippen LogP contribution in [0.3, 0.4) is 0 Å². The molecule has 0 spiro atoms. The summed E-state index contributed by atoms with van der Waals surface area (Å²) < 4.78 is 27.5. The van der Waals surface area contributed by atoms with Gasteiger partial charge in [-0.05, 0) is 44.0 Å². The first-order valence-electron chi connectivity index (χ1n) is 7.41. The summed E-state index contributed by atoms with van der Waals surface area (Å²) >= 11 is 0. The molecule has 0 unspecified atom stereocenters. The number of nitrogens with one attached hydrogen (secondary N) is 1. The number of esters is 1. The van der Waals surface area contributed by atoms with Crippen LogP contribution in [0.15, 0.2) is 29.2 Å². The second kappa shape index (κ2) is 7.10. The van der Waals surface area contributed by atoms with Crippen LogP contribution in [0, 0.1) is 5.92 Å². The number of ether oxygens (including phenoxy) is 1. The normalized spacial score (nSPS) is 16.8. The molecule has 1 aliphatic carbocycles. The molecule has 0 aromatic heterocycles. The fourth-order valence-electron chi connectivity index (χ4n) is 2.46. The van der Waals surface area contributed by atoms with Crippen molar-refractivity contribution in [3.63, 3.8) is 0 Å². The molecule has 7 nitrogen and oxygen atoms in total. The third-order valence-corrected chi connectivity index (χ3v) is 4.73. The minimum absolute atomic E-state index is 0.0452. The molecule has 1 atom stereocenters. The molecule has 8 heteroatoms. The maximum Gasteiger partial charge on any atom is 0.309 e. The summed E-state index contributed by atoms with van der Waals surface area (Å²) in [7, 11) is -3.77. The van der Waals surface area contributed by atoms with Gasteiger partial charge in [0.25, 0.3) is 5.91 Å². The summed E-state index contributed by atoms with van der Waals surface area (Å²) in [5.41, 5.74) is 0.395.